The lowest BCUT2D eigenvalue weighted by atomic mass is 10.2. The van der Waals surface area contributed by atoms with Crippen LogP contribution in [0.1, 0.15) is 17.1 Å². The molecule has 4 aromatic rings. The molecule has 0 radical (unpaired) electrons. The number of halogens is 1. The Morgan fingerprint density at radius 1 is 0.812 bits per heavy atom. The zero-order valence-corrected chi connectivity index (χ0v) is 18.7. The summed E-state index contributed by atoms with van der Waals surface area (Å²) < 4.78 is 34.0. The number of rotatable bonds is 8. The molecule has 32 heavy (non-hydrogen) atoms. The van der Waals surface area contributed by atoms with Crippen molar-refractivity contribution in [3.8, 4) is 0 Å². The van der Waals surface area contributed by atoms with Crippen LogP contribution < -0.4 is 0 Å². The fraction of sp³-hybridized carbons (Fsp3) is 0.0800. The van der Waals surface area contributed by atoms with Gasteiger partial charge in [-0.05, 0) is 54.1 Å². The van der Waals surface area contributed by atoms with Crippen molar-refractivity contribution in [2.75, 3.05) is 0 Å². The molecular formula is C25H21ClN2O3S. The molecule has 5 nitrogen and oxygen atoms in total. The number of benzene rings is 3. The quantitative estimate of drug-likeness (QED) is 0.297. The van der Waals surface area contributed by atoms with Crippen molar-refractivity contribution < 1.29 is 12.8 Å². The number of hydrogen-bond donors (Lipinski definition) is 0. The maximum absolute atomic E-state index is 13.4. The van der Waals surface area contributed by atoms with E-state index in [0.717, 1.165) is 11.3 Å². The van der Waals surface area contributed by atoms with Gasteiger partial charge in [0, 0.05) is 11.6 Å². The molecule has 0 saturated heterocycles. The summed E-state index contributed by atoms with van der Waals surface area (Å²) in [6.45, 7) is 0.265. The number of furan rings is 1. The van der Waals surface area contributed by atoms with E-state index in [2.05, 4.69) is 4.99 Å². The Bertz CT molecular complexity index is 1290. The van der Waals surface area contributed by atoms with Crippen molar-refractivity contribution in [3.63, 3.8) is 0 Å². The lowest BCUT2D eigenvalue weighted by Gasteiger charge is -2.21. The van der Waals surface area contributed by atoms with Gasteiger partial charge in [0.1, 0.15) is 11.5 Å². The smallest absolute Gasteiger partial charge is 0.243 e. The van der Waals surface area contributed by atoms with Gasteiger partial charge in [0.25, 0.3) is 0 Å². The first-order chi connectivity index (χ1) is 15.5. The molecule has 4 rings (SSSR count). The second-order valence-electron chi connectivity index (χ2n) is 7.11. The van der Waals surface area contributed by atoms with E-state index in [4.69, 9.17) is 16.0 Å². The van der Waals surface area contributed by atoms with Gasteiger partial charge < -0.3 is 4.42 Å². The standard InChI is InChI=1S/C25H21ClN2O3S/c26-21-13-11-20(12-14-21)18-28(32(29,30)25-9-5-2-6-10-25)19-24-16-15-23(31-24)17-27-22-7-3-1-4-8-22/h1-17H,18-19H2. The first kappa shape index (κ1) is 22.0. The van der Waals surface area contributed by atoms with Crippen molar-refractivity contribution in [1.29, 1.82) is 0 Å². The Morgan fingerprint density at radius 3 is 2.16 bits per heavy atom. The molecule has 0 aliphatic heterocycles. The van der Waals surface area contributed by atoms with Gasteiger partial charge in [-0.15, -0.1) is 0 Å². The van der Waals surface area contributed by atoms with E-state index in [1.54, 1.807) is 60.8 Å². The highest BCUT2D eigenvalue weighted by molar-refractivity contribution is 7.89. The van der Waals surface area contributed by atoms with Crippen molar-refractivity contribution >= 4 is 33.5 Å². The molecule has 0 N–H and O–H groups in total. The third-order valence-corrected chi connectivity index (χ3v) is 6.82. The van der Waals surface area contributed by atoms with Crippen LogP contribution in [0.25, 0.3) is 0 Å². The summed E-state index contributed by atoms with van der Waals surface area (Å²) in [5, 5.41) is 0.597. The van der Waals surface area contributed by atoms with Gasteiger partial charge in [-0.1, -0.05) is 60.1 Å². The third kappa shape index (κ3) is 5.53. The van der Waals surface area contributed by atoms with Gasteiger partial charge in [-0.3, -0.25) is 4.99 Å². The minimum Gasteiger partial charge on any atom is -0.459 e. The number of aliphatic imine (C=N–C) groups is 1. The molecular weight excluding hydrogens is 444 g/mol. The molecule has 0 amide bonds. The van der Waals surface area contributed by atoms with Gasteiger partial charge in [0.05, 0.1) is 23.3 Å². The predicted octanol–water partition coefficient (Wildman–Crippen LogP) is 6.07. The molecule has 1 aromatic heterocycles. The van der Waals surface area contributed by atoms with Gasteiger partial charge in [-0.2, -0.15) is 4.31 Å². The molecule has 7 heteroatoms. The molecule has 0 unspecified atom stereocenters. The van der Waals surface area contributed by atoms with Crippen LogP contribution in [-0.4, -0.2) is 18.9 Å². The molecule has 1 heterocycles. The summed E-state index contributed by atoms with van der Waals surface area (Å²) in [4.78, 5) is 4.61. The van der Waals surface area contributed by atoms with E-state index in [1.165, 1.54) is 4.31 Å². The minimum absolute atomic E-state index is 0.0824. The Balaban J connectivity index is 1.58. The average molecular weight is 465 g/mol. The van der Waals surface area contributed by atoms with E-state index < -0.39 is 10.0 Å². The van der Waals surface area contributed by atoms with Gasteiger partial charge in [-0.25, -0.2) is 8.42 Å². The Hall–Kier alpha value is -3.19. The van der Waals surface area contributed by atoms with Crippen molar-refractivity contribution in [2.45, 2.75) is 18.0 Å². The lowest BCUT2D eigenvalue weighted by Crippen LogP contribution is -2.30. The minimum atomic E-state index is -3.75. The van der Waals surface area contributed by atoms with E-state index >= 15 is 0 Å². The molecule has 0 aliphatic carbocycles. The van der Waals surface area contributed by atoms with Crippen LogP contribution in [0.15, 0.2) is 111 Å². The third-order valence-electron chi connectivity index (χ3n) is 4.76. The fourth-order valence-electron chi connectivity index (χ4n) is 3.14. The summed E-state index contributed by atoms with van der Waals surface area (Å²) >= 11 is 5.98. The second kappa shape index (κ2) is 9.96. The zero-order valence-electron chi connectivity index (χ0n) is 17.1. The van der Waals surface area contributed by atoms with Crippen LogP contribution in [0.5, 0.6) is 0 Å². The highest BCUT2D eigenvalue weighted by atomic mass is 35.5. The molecule has 162 valence electrons. The van der Waals surface area contributed by atoms with E-state index in [-0.39, 0.29) is 18.0 Å². The van der Waals surface area contributed by atoms with Crippen molar-refractivity contribution in [3.05, 3.63) is 119 Å². The van der Waals surface area contributed by atoms with Crippen molar-refractivity contribution in [2.24, 2.45) is 4.99 Å². The number of nitrogens with zero attached hydrogens (tertiary/aromatic N) is 2. The Morgan fingerprint density at radius 2 is 1.47 bits per heavy atom. The normalized spacial score (nSPS) is 11.9. The van der Waals surface area contributed by atoms with Crippen molar-refractivity contribution in [1.82, 2.24) is 4.31 Å². The van der Waals surface area contributed by atoms with Crippen LogP contribution >= 0.6 is 11.6 Å². The van der Waals surface area contributed by atoms with Crippen LogP contribution in [0, 0.1) is 0 Å². The van der Waals surface area contributed by atoms with Crippen LogP contribution in [0.4, 0.5) is 5.69 Å². The summed E-state index contributed by atoms with van der Waals surface area (Å²) in [7, 11) is -3.75. The SMILES string of the molecule is O=S(=O)(c1ccccc1)N(Cc1ccc(Cl)cc1)Cc1ccc(C=Nc2ccccc2)o1. The zero-order chi connectivity index (χ0) is 22.4. The topological polar surface area (TPSA) is 62.9 Å². The first-order valence-corrected chi connectivity index (χ1v) is 11.8. The molecule has 0 bridgehead atoms. The lowest BCUT2D eigenvalue weighted by molar-refractivity contribution is 0.357. The predicted molar refractivity (Wildman–Crippen MR) is 127 cm³/mol. The average Bonchev–Trinajstić information content (AvgIpc) is 3.27. The molecule has 0 fully saturated rings. The summed E-state index contributed by atoms with van der Waals surface area (Å²) in [5.74, 6) is 1.07. The van der Waals surface area contributed by atoms with Gasteiger partial charge in [0.15, 0.2) is 0 Å². The highest BCUT2D eigenvalue weighted by Gasteiger charge is 2.26. The van der Waals surface area contributed by atoms with E-state index in [1.807, 2.05) is 42.5 Å². The van der Waals surface area contributed by atoms with Crippen LogP contribution in [-0.2, 0) is 23.1 Å². The van der Waals surface area contributed by atoms with E-state index in [9.17, 15) is 8.42 Å². The monoisotopic (exact) mass is 464 g/mol. The first-order valence-electron chi connectivity index (χ1n) is 9.98. The molecule has 3 aromatic carbocycles. The van der Waals surface area contributed by atoms with Gasteiger partial charge in [0.2, 0.25) is 10.0 Å². The second-order valence-corrected chi connectivity index (χ2v) is 9.48. The number of hydrogen-bond acceptors (Lipinski definition) is 4. The summed E-state index contributed by atoms with van der Waals surface area (Å²) in [6.07, 6.45) is 1.62. The van der Waals surface area contributed by atoms with Crippen LogP contribution in [0.2, 0.25) is 5.02 Å². The largest absolute Gasteiger partial charge is 0.459 e. The molecule has 0 atom stereocenters. The fourth-order valence-corrected chi connectivity index (χ4v) is 4.68. The summed E-state index contributed by atoms with van der Waals surface area (Å²) in [5.41, 5.74) is 1.63. The summed E-state index contributed by atoms with van der Waals surface area (Å²) in [6, 6.07) is 28.6. The van der Waals surface area contributed by atoms with E-state index in [0.29, 0.717) is 16.5 Å². The maximum atomic E-state index is 13.4. The highest BCUT2D eigenvalue weighted by Crippen LogP contribution is 2.23. The molecule has 0 spiro atoms. The Kier molecular flexibility index (Phi) is 6.85. The maximum Gasteiger partial charge on any atom is 0.243 e. The number of sulfonamides is 1. The van der Waals surface area contributed by atoms with Crippen LogP contribution in [0.3, 0.4) is 0 Å². The molecule has 0 saturated carbocycles. The van der Waals surface area contributed by atoms with Gasteiger partial charge >= 0.3 is 0 Å². The molecule has 0 aliphatic rings. The number of para-hydroxylation sites is 1. The Labute approximate surface area is 192 Å².